The van der Waals surface area contributed by atoms with Crippen molar-refractivity contribution < 1.29 is 23.1 Å². The summed E-state index contributed by atoms with van der Waals surface area (Å²) in [4.78, 5) is 30.9. The fourth-order valence-corrected chi connectivity index (χ4v) is 5.73. The molecule has 3 aromatic rings. The van der Waals surface area contributed by atoms with Crippen molar-refractivity contribution in [3.8, 4) is 0 Å². The van der Waals surface area contributed by atoms with Gasteiger partial charge in [-0.3, -0.25) is 4.79 Å². The topological polar surface area (TPSA) is 120 Å². The molecule has 2 aromatic heterocycles. The standard InChI is InChI=1S/C27H32F3N7O2/c1-13(15-7-16(27(28,29)30)9-17(31)8-15)32-23-21-12-22(26(39)36(3)4)25(35-24(21)34-14(2)33-23)37-18-5-6-19(37)11-20(38)10-18/h7-9,12-13,18-20,38H,5-6,10-11,31H2,1-4H3,(H,32,33,34,35)/t13-,18?,19?,20?/m1/s1. The van der Waals surface area contributed by atoms with Gasteiger partial charge in [0, 0.05) is 31.9 Å². The van der Waals surface area contributed by atoms with E-state index in [9.17, 15) is 23.1 Å². The van der Waals surface area contributed by atoms with E-state index in [0.717, 1.165) is 25.0 Å². The molecule has 2 aliphatic rings. The van der Waals surface area contributed by atoms with Crippen LogP contribution in [0.5, 0.6) is 0 Å². The number of amides is 1. The molecule has 1 amide bonds. The number of pyridine rings is 1. The number of hydrogen-bond acceptors (Lipinski definition) is 8. The second kappa shape index (κ2) is 9.82. The van der Waals surface area contributed by atoms with Gasteiger partial charge in [0.15, 0.2) is 5.65 Å². The highest BCUT2D eigenvalue weighted by Gasteiger charge is 2.42. The lowest BCUT2D eigenvalue weighted by atomic mass is 9.98. The molecule has 39 heavy (non-hydrogen) atoms. The summed E-state index contributed by atoms with van der Waals surface area (Å²) in [6.07, 6.45) is -1.88. The third-order valence-corrected chi connectivity index (χ3v) is 7.53. The van der Waals surface area contributed by atoms with Crippen LogP contribution in [0.1, 0.15) is 66.0 Å². The maximum atomic E-state index is 13.4. The molecule has 1 aromatic carbocycles. The Morgan fingerprint density at radius 3 is 2.41 bits per heavy atom. The molecular weight excluding hydrogens is 511 g/mol. The van der Waals surface area contributed by atoms with Gasteiger partial charge in [-0.05, 0) is 69.4 Å². The lowest BCUT2D eigenvalue weighted by molar-refractivity contribution is -0.137. The first-order valence-corrected chi connectivity index (χ1v) is 12.9. The molecule has 2 saturated heterocycles. The largest absolute Gasteiger partial charge is 0.416 e. The second-order valence-corrected chi connectivity index (χ2v) is 10.7. The summed E-state index contributed by atoms with van der Waals surface area (Å²) in [6, 6.07) is 4.70. The third kappa shape index (κ3) is 5.17. The maximum Gasteiger partial charge on any atom is 0.416 e. The third-order valence-electron chi connectivity index (χ3n) is 7.53. The normalized spacial score (nSPS) is 21.7. The van der Waals surface area contributed by atoms with Crippen molar-refractivity contribution in [2.24, 2.45) is 0 Å². The number of nitrogens with two attached hydrogens (primary N) is 1. The highest BCUT2D eigenvalue weighted by molar-refractivity contribution is 6.03. The Morgan fingerprint density at radius 2 is 1.79 bits per heavy atom. The van der Waals surface area contributed by atoms with Crippen LogP contribution in [0.15, 0.2) is 24.3 Å². The van der Waals surface area contributed by atoms with Crippen molar-refractivity contribution in [2.45, 2.75) is 69.9 Å². The quantitative estimate of drug-likeness (QED) is 0.408. The number of halogens is 3. The minimum absolute atomic E-state index is 0.00338. The van der Waals surface area contributed by atoms with Gasteiger partial charge in [0.25, 0.3) is 5.91 Å². The van der Waals surface area contributed by atoms with E-state index in [2.05, 4.69) is 20.2 Å². The van der Waals surface area contributed by atoms with Crippen LogP contribution < -0.4 is 16.0 Å². The first-order valence-electron chi connectivity index (χ1n) is 12.9. The van der Waals surface area contributed by atoms with E-state index in [4.69, 9.17) is 10.7 Å². The fraction of sp³-hybridized carbons (Fsp3) is 0.481. The minimum atomic E-state index is -4.53. The van der Waals surface area contributed by atoms with Gasteiger partial charge in [0.05, 0.1) is 28.7 Å². The first-order chi connectivity index (χ1) is 18.3. The predicted molar refractivity (Wildman–Crippen MR) is 143 cm³/mol. The lowest BCUT2D eigenvalue weighted by Crippen LogP contribution is -2.46. The number of carbonyl (C=O) groups is 1. The zero-order valence-electron chi connectivity index (χ0n) is 22.3. The van der Waals surface area contributed by atoms with E-state index < -0.39 is 17.8 Å². The molecule has 0 saturated carbocycles. The molecule has 0 spiro atoms. The number of anilines is 3. The summed E-state index contributed by atoms with van der Waals surface area (Å²) in [5.74, 6) is 1.06. The highest BCUT2D eigenvalue weighted by atomic mass is 19.4. The number of hydrogen-bond donors (Lipinski definition) is 3. The van der Waals surface area contributed by atoms with Crippen molar-refractivity contribution >= 4 is 34.3 Å². The lowest BCUT2D eigenvalue weighted by Gasteiger charge is -2.39. The van der Waals surface area contributed by atoms with E-state index in [1.54, 1.807) is 34.0 Å². The predicted octanol–water partition coefficient (Wildman–Crippen LogP) is 4.30. The van der Waals surface area contributed by atoms with Crippen molar-refractivity contribution in [3.05, 3.63) is 46.8 Å². The Morgan fingerprint density at radius 1 is 1.13 bits per heavy atom. The number of rotatable bonds is 5. The number of fused-ring (bicyclic) bond motifs is 3. The Kier molecular flexibility index (Phi) is 6.78. The van der Waals surface area contributed by atoms with Crippen molar-refractivity contribution in [2.75, 3.05) is 30.0 Å². The summed E-state index contributed by atoms with van der Waals surface area (Å²) >= 11 is 0. The number of aliphatic hydroxyl groups is 1. The van der Waals surface area contributed by atoms with Crippen LogP contribution in [0.25, 0.3) is 11.0 Å². The van der Waals surface area contributed by atoms with Gasteiger partial charge in [0.2, 0.25) is 0 Å². The molecule has 4 N–H and O–H groups in total. The molecule has 0 aliphatic carbocycles. The van der Waals surface area contributed by atoms with E-state index in [-0.39, 0.29) is 29.8 Å². The van der Waals surface area contributed by atoms with Crippen LogP contribution in [-0.2, 0) is 6.18 Å². The van der Waals surface area contributed by atoms with Gasteiger partial charge in [0.1, 0.15) is 17.5 Å². The summed E-state index contributed by atoms with van der Waals surface area (Å²) in [5.41, 5.74) is 6.04. The average molecular weight is 544 g/mol. The van der Waals surface area contributed by atoms with Gasteiger partial charge in [-0.2, -0.15) is 13.2 Å². The number of nitrogen functional groups attached to an aromatic ring is 1. The molecular formula is C27H32F3N7O2. The zero-order valence-corrected chi connectivity index (χ0v) is 22.3. The van der Waals surface area contributed by atoms with E-state index >= 15 is 0 Å². The maximum absolute atomic E-state index is 13.4. The fourth-order valence-electron chi connectivity index (χ4n) is 5.73. The van der Waals surface area contributed by atoms with Gasteiger partial charge in [-0.25, -0.2) is 15.0 Å². The number of benzene rings is 1. The summed E-state index contributed by atoms with van der Waals surface area (Å²) in [7, 11) is 3.32. The summed E-state index contributed by atoms with van der Waals surface area (Å²) < 4.78 is 40.2. The number of aryl methyl sites for hydroxylation is 1. The van der Waals surface area contributed by atoms with E-state index in [1.807, 2.05) is 0 Å². The van der Waals surface area contributed by atoms with Crippen LogP contribution in [0.4, 0.5) is 30.5 Å². The SMILES string of the molecule is Cc1nc(N[C@H](C)c2cc(N)cc(C(F)(F)F)c2)c2cc(C(=O)N(C)C)c(N3C4CCC3CC(O)C4)nc2n1. The van der Waals surface area contributed by atoms with E-state index in [0.29, 0.717) is 52.5 Å². The molecule has 12 heteroatoms. The van der Waals surface area contributed by atoms with Crippen LogP contribution in [-0.4, -0.2) is 63.1 Å². The van der Waals surface area contributed by atoms with Crippen LogP contribution >= 0.6 is 0 Å². The molecule has 9 nitrogen and oxygen atoms in total. The average Bonchev–Trinajstić information content (AvgIpc) is 3.12. The number of alkyl halides is 3. The second-order valence-electron chi connectivity index (χ2n) is 10.7. The Balaban J connectivity index is 1.60. The molecule has 2 fully saturated rings. The number of aliphatic hydroxyl groups excluding tert-OH is 1. The number of aromatic nitrogens is 3. The number of carbonyl (C=O) groups excluding carboxylic acids is 1. The zero-order chi connectivity index (χ0) is 28.2. The Labute approximate surface area is 224 Å². The van der Waals surface area contributed by atoms with Crippen LogP contribution in [0.2, 0.25) is 0 Å². The number of nitrogens with one attached hydrogen (secondary N) is 1. The van der Waals surface area contributed by atoms with Gasteiger partial charge in [-0.1, -0.05) is 0 Å². The van der Waals surface area contributed by atoms with Gasteiger partial charge in [-0.15, -0.1) is 0 Å². The molecule has 2 aliphatic heterocycles. The first kappa shape index (κ1) is 26.9. The van der Waals surface area contributed by atoms with Gasteiger partial charge >= 0.3 is 6.18 Å². The monoisotopic (exact) mass is 543 g/mol. The molecule has 3 atom stereocenters. The molecule has 2 bridgehead atoms. The molecule has 4 heterocycles. The Bertz CT molecular complexity index is 1410. The highest BCUT2D eigenvalue weighted by Crippen LogP contribution is 2.41. The van der Waals surface area contributed by atoms with Crippen molar-refractivity contribution in [1.82, 2.24) is 19.9 Å². The number of piperidine rings is 1. The van der Waals surface area contributed by atoms with Crippen molar-refractivity contribution in [1.29, 1.82) is 0 Å². The minimum Gasteiger partial charge on any atom is -0.399 e. The molecule has 208 valence electrons. The molecule has 5 rings (SSSR count). The van der Waals surface area contributed by atoms with E-state index in [1.165, 1.54) is 11.0 Å². The summed E-state index contributed by atoms with van der Waals surface area (Å²) in [5, 5.41) is 14.0. The van der Waals surface area contributed by atoms with Crippen LogP contribution in [0, 0.1) is 6.92 Å². The van der Waals surface area contributed by atoms with Crippen molar-refractivity contribution in [3.63, 3.8) is 0 Å². The Hall–Kier alpha value is -3.67. The summed E-state index contributed by atoms with van der Waals surface area (Å²) in [6.45, 7) is 3.42. The van der Waals surface area contributed by atoms with Gasteiger partial charge < -0.3 is 26.0 Å². The number of nitrogens with zero attached hydrogens (tertiary/aromatic N) is 5. The molecule has 2 unspecified atom stereocenters. The molecule has 0 radical (unpaired) electrons. The van der Waals surface area contributed by atoms with Crippen LogP contribution in [0.3, 0.4) is 0 Å². The smallest absolute Gasteiger partial charge is 0.399 e.